The summed E-state index contributed by atoms with van der Waals surface area (Å²) in [5, 5.41) is 21.9. The molecular weight excluding hydrogens is 439 g/mol. The Morgan fingerprint density at radius 2 is 1.81 bits per heavy atom. The first-order valence-corrected chi connectivity index (χ1v) is 10.3. The number of nitrogens with one attached hydrogen (secondary N) is 1. The zero-order chi connectivity index (χ0) is 23.6. The molecule has 0 fully saturated rings. The fourth-order valence-corrected chi connectivity index (χ4v) is 3.62. The lowest BCUT2D eigenvalue weighted by Gasteiger charge is -2.09. The van der Waals surface area contributed by atoms with Gasteiger partial charge in [0.15, 0.2) is 11.6 Å². The number of hydrogen-bond acceptors (Lipinski definition) is 4. The topological polar surface area (TPSA) is 109 Å². The van der Waals surface area contributed by atoms with Crippen molar-refractivity contribution in [2.24, 2.45) is 5.92 Å². The maximum absolute atomic E-state index is 14.9. The molecule has 2 aromatic carbocycles. The Kier molecular flexibility index (Phi) is 6.84. The number of carbonyl (C=O) groups is 3. The molecule has 3 N–H and O–H groups in total. The normalized spacial score (nSPS) is 12.0. The van der Waals surface area contributed by atoms with Crippen LogP contribution >= 0.6 is 11.6 Å². The van der Waals surface area contributed by atoms with Gasteiger partial charge in [0.2, 0.25) is 5.91 Å². The molecule has 0 saturated carbocycles. The largest absolute Gasteiger partial charge is 0.505 e. The summed E-state index contributed by atoms with van der Waals surface area (Å²) in [5.41, 5.74) is 1.47. The highest BCUT2D eigenvalue weighted by Gasteiger charge is 2.24. The first kappa shape index (κ1) is 23.3. The third kappa shape index (κ3) is 4.60. The molecule has 3 rings (SSSR count). The van der Waals surface area contributed by atoms with Gasteiger partial charge in [0, 0.05) is 34.6 Å². The molecule has 1 atom stereocenters. The SMILES string of the molecule is Cc1c(CCC(=O)NC[C@H](C)C(=O)O)c2c(F)c(O)ccc2n1C(=O)c1ccc(Cl)cc1. The fraction of sp³-hybridized carbons (Fsp3) is 0.261. The van der Waals surface area contributed by atoms with E-state index in [-0.39, 0.29) is 30.3 Å². The summed E-state index contributed by atoms with van der Waals surface area (Å²) in [7, 11) is 0. The second kappa shape index (κ2) is 9.40. The summed E-state index contributed by atoms with van der Waals surface area (Å²) in [5.74, 6) is -4.00. The molecule has 3 aromatic rings. The number of nitrogens with zero attached hydrogens (tertiary/aromatic N) is 1. The standard InChI is InChI=1S/C23H22ClFN2O5/c1-12(23(31)32)11-26-19(29)10-7-16-13(2)27(17-8-9-18(28)21(25)20(16)17)22(30)14-3-5-15(24)6-4-14/h3-6,8-9,12,28H,7,10-11H2,1-2H3,(H,26,29)(H,31,32)/t12-/m0/s1. The number of carbonyl (C=O) groups excluding carboxylic acids is 2. The van der Waals surface area contributed by atoms with Crippen LogP contribution in [0.4, 0.5) is 4.39 Å². The molecule has 0 unspecified atom stereocenters. The van der Waals surface area contributed by atoms with Crippen molar-refractivity contribution >= 4 is 40.3 Å². The number of carboxylic acid groups (broad SMARTS) is 1. The Labute approximate surface area is 188 Å². The molecule has 0 saturated heterocycles. The van der Waals surface area contributed by atoms with Crippen LogP contribution in [-0.4, -0.2) is 39.1 Å². The van der Waals surface area contributed by atoms with Gasteiger partial charge in [-0.05, 0) is 55.3 Å². The summed E-state index contributed by atoms with van der Waals surface area (Å²) in [6, 6.07) is 8.89. The van der Waals surface area contributed by atoms with Crippen molar-refractivity contribution in [2.45, 2.75) is 26.7 Å². The van der Waals surface area contributed by atoms with Crippen LogP contribution in [0.15, 0.2) is 36.4 Å². The van der Waals surface area contributed by atoms with Gasteiger partial charge in [0.1, 0.15) is 0 Å². The smallest absolute Gasteiger partial charge is 0.308 e. The molecule has 0 aliphatic heterocycles. The van der Waals surface area contributed by atoms with Crippen molar-refractivity contribution < 1.29 is 29.0 Å². The Morgan fingerprint density at radius 3 is 2.44 bits per heavy atom. The van der Waals surface area contributed by atoms with Crippen molar-refractivity contribution in [1.29, 1.82) is 0 Å². The predicted octanol–water partition coefficient (Wildman–Crippen LogP) is 3.91. The molecular formula is C23H22ClFN2O5. The maximum atomic E-state index is 14.9. The highest BCUT2D eigenvalue weighted by Crippen LogP contribution is 2.34. The Hall–Kier alpha value is -3.39. The Balaban J connectivity index is 1.96. The third-order valence-electron chi connectivity index (χ3n) is 5.34. The number of phenols is 1. The molecule has 9 heteroatoms. The number of hydrogen-bond donors (Lipinski definition) is 3. The molecule has 0 aliphatic rings. The number of carboxylic acids is 1. The highest BCUT2D eigenvalue weighted by atomic mass is 35.5. The van der Waals surface area contributed by atoms with Crippen LogP contribution in [0.5, 0.6) is 5.75 Å². The Morgan fingerprint density at radius 1 is 1.16 bits per heavy atom. The molecule has 1 amide bonds. The van der Waals surface area contributed by atoms with Crippen LogP contribution in [0, 0.1) is 18.7 Å². The Bertz CT molecular complexity index is 1200. The lowest BCUT2D eigenvalue weighted by molar-refractivity contribution is -0.141. The van der Waals surface area contributed by atoms with Gasteiger partial charge in [0.05, 0.1) is 11.4 Å². The molecule has 0 radical (unpaired) electrons. The van der Waals surface area contributed by atoms with E-state index in [2.05, 4.69) is 5.32 Å². The zero-order valence-corrected chi connectivity index (χ0v) is 18.2. The molecule has 32 heavy (non-hydrogen) atoms. The van der Waals surface area contributed by atoms with E-state index in [0.717, 1.165) is 0 Å². The van der Waals surface area contributed by atoms with Crippen LogP contribution in [-0.2, 0) is 16.0 Å². The van der Waals surface area contributed by atoms with Gasteiger partial charge in [-0.2, -0.15) is 0 Å². The number of rotatable bonds is 7. The van der Waals surface area contributed by atoms with E-state index in [1.165, 1.54) is 23.6 Å². The van der Waals surface area contributed by atoms with Crippen molar-refractivity contribution in [1.82, 2.24) is 9.88 Å². The average Bonchev–Trinajstić information content (AvgIpc) is 3.04. The lowest BCUT2D eigenvalue weighted by Crippen LogP contribution is -2.31. The first-order chi connectivity index (χ1) is 15.1. The lowest BCUT2D eigenvalue weighted by atomic mass is 10.0. The molecule has 0 bridgehead atoms. The van der Waals surface area contributed by atoms with E-state index in [4.69, 9.17) is 16.7 Å². The fourth-order valence-electron chi connectivity index (χ4n) is 3.50. The number of halogens is 2. The van der Waals surface area contributed by atoms with Crippen molar-refractivity contribution in [3.8, 4) is 5.75 Å². The van der Waals surface area contributed by atoms with Crippen LogP contribution in [0.3, 0.4) is 0 Å². The van der Waals surface area contributed by atoms with Crippen molar-refractivity contribution in [3.63, 3.8) is 0 Å². The summed E-state index contributed by atoms with van der Waals surface area (Å²) in [4.78, 5) is 36.3. The third-order valence-corrected chi connectivity index (χ3v) is 5.59. The maximum Gasteiger partial charge on any atom is 0.308 e. The van der Waals surface area contributed by atoms with E-state index >= 15 is 0 Å². The summed E-state index contributed by atoms with van der Waals surface area (Å²) < 4.78 is 16.2. The monoisotopic (exact) mass is 460 g/mol. The second-order valence-electron chi connectivity index (χ2n) is 7.55. The average molecular weight is 461 g/mol. The number of phenolic OH excluding ortho intramolecular Hbond substituents is 1. The van der Waals surface area contributed by atoms with Gasteiger partial charge >= 0.3 is 5.97 Å². The van der Waals surface area contributed by atoms with Crippen LogP contribution in [0.25, 0.3) is 10.9 Å². The summed E-state index contributed by atoms with van der Waals surface area (Å²) >= 11 is 5.90. The van der Waals surface area contributed by atoms with E-state index in [1.54, 1.807) is 31.2 Å². The number of aliphatic carboxylic acids is 1. The van der Waals surface area contributed by atoms with Crippen molar-refractivity contribution in [3.05, 3.63) is 64.1 Å². The minimum absolute atomic E-state index is 0.0287. The van der Waals surface area contributed by atoms with Gasteiger partial charge in [-0.1, -0.05) is 18.5 Å². The van der Waals surface area contributed by atoms with Crippen molar-refractivity contribution in [2.75, 3.05) is 6.54 Å². The number of fused-ring (bicyclic) bond motifs is 1. The van der Waals surface area contributed by atoms with E-state index < -0.39 is 35.3 Å². The minimum Gasteiger partial charge on any atom is -0.505 e. The first-order valence-electron chi connectivity index (χ1n) is 9.93. The molecule has 1 heterocycles. The number of amides is 1. The minimum atomic E-state index is -1.03. The quantitative estimate of drug-likeness (QED) is 0.495. The zero-order valence-electron chi connectivity index (χ0n) is 17.5. The van der Waals surface area contributed by atoms with Crippen LogP contribution in [0.2, 0.25) is 5.02 Å². The van der Waals surface area contributed by atoms with Gasteiger partial charge in [-0.3, -0.25) is 19.0 Å². The second-order valence-corrected chi connectivity index (χ2v) is 7.98. The molecule has 7 nitrogen and oxygen atoms in total. The highest BCUT2D eigenvalue weighted by molar-refractivity contribution is 6.30. The van der Waals surface area contributed by atoms with Gasteiger partial charge in [0.25, 0.3) is 5.91 Å². The van der Waals surface area contributed by atoms with Crippen LogP contribution < -0.4 is 5.32 Å². The van der Waals surface area contributed by atoms with Crippen LogP contribution in [0.1, 0.15) is 35.0 Å². The number of aromatic nitrogens is 1. The van der Waals surface area contributed by atoms with E-state index in [9.17, 15) is 23.9 Å². The molecule has 0 spiro atoms. The predicted molar refractivity (Wildman–Crippen MR) is 118 cm³/mol. The van der Waals surface area contributed by atoms with E-state index in [1.807, 2.05) is 0 Å². The molecule has 168 valence electrons. The van der Waals surface area contributed by atoms with Gasteiger partial charge in [-0.25, -0.2) is 4.39 Å². The summed E-state index contributed by atoms with van der Waals surface area (Å²) in [6.45, 7) is 3.09. The molecule has 1 aromatic heterocycles. The number of aromatic hydroxyl groups is 1. The summed E-state index contributed by atoms with van der Waals surface area (Å²) in [6.07, 6.45) is 0.0490. The number of benzene rings is 2. The number of aryl methyl sites for hydroxylation is 1. The molecule has 0 aliphatic carbocycles. The van der Waals surface area contributed by atoms with E-state index in [0.29, 0.717) is 21.8 Å². The van der Waals surface area contributed by atoms with Gasteiger partial charge in [-0.15, -0.1) is 0 Å². The van der Waals surface area contributed by atoms with Gasteiger partial charge < -0.3 is 15.5 Å².